The number of rotatable bonds is 7. The Morgan fingerprint density at radius 2 is 1.85 bits per heavy atom. The third-order valence-corrected chi connectivity index (χ3v) is 7.05. The van der Waals surface area contributed by atoms with Gasteiger partial charge in [-0.25, -0.2) is 0 Å². The zero-order chi connectivity index (χ0) is 23.9. The highest BCUT2D eigenvalue weighted by molar-refractivity contribution is 9.10. The Labute approximate surface area is 221 Å². The summed E-state index contributed by atoms with van der Waals surface area (Å²) in [6.45, 7) is 4.18. The maximum atomic E-state index is 12.8. The van der Waals surface area contributed by atoms with Crippen LogP contribution in [0.1, 0.15) is 16.8 Å². The molecule has 4 rings (SSSR count). The van der Waals surface area contributed by atoms with Crippen LogP contribution in [0.2, 0.25) is 5.02 Å². The molecule has 1 aliphatic rings. The molecule has 0 bridgehead atoms. The van der Waals surface area contributed by atoms with E-state index < -0.39 is 0 Å². The molecule has 8 heteroatoms. The second kappa shape index (κ2) is 12.0. The number of aromatic nitrogens is 1. The molecule has 0 spiro atoms. The number of hydrogen-bond acceptors (Lipinski definition) is 4. The summed E-state index contributed by atoms with van der Waals surface area (Å²) in [6, 6.07) is 17.4. The van der Waals surface area contributed by atoms with Gasteiger partial charge in [-0.1, -0.05) is 45.7 Å². The van der Waals surface area contributed by atoms with E-state index in [-0.39, 0.29) is 5.91 Å². The number of ether oxygens (including phenoxy) is 1. The molecule has 0 unspecified atom stereocenters. The Balaban J connectivity index is 1.34. The number of amides is 1. The predicted octanol–water partition coefficient (Wildman–Crippen LogP) is 6.20. The number of hydrogen-bond donors (Lipinski definition) is 0. The first-order valence-electron chi connectivity index (χ1n) is 10.9. The minimum atomic E-state index is -0.0156. The van der Waals surface area contributed by atoms with Crippen LogP contribution in [0.4, 0.5) is 0 Å². The zero-order valence-corrected chi connectivity index (χ0v) is 22.4. The van der Waals surface area contributed by atoms with E-state index in [1.54, 1.807) is 18.2 Å². The van der Waals surface area contributed by atoms with E-state index in [0.717, 1.165) is 45.4 Å². The first kappa shape index (κ1) is 24.9. The fourth-order valence-corrected chi connectivity index (χ4v) is 4.49. The second-order valence-corrected chi connectivity index (χ2v) is 10.2. The molecule has 1 amide bonds. The lowest BCUT2D eigenvalue weighted by Gasteiger charge is -2.34. The number of piperazine rings is 1. The minimum absolute atomic E-state index is 0.0156. The Kier molecular flexibility index (Phi) is 8.78. The van der Waals surface area contributed by atoms with E-state index in [1.165, 1.54) is 0 Å². The molecule has 176 valence electrons. The highest BCUT2D eigenvalue weighted by Gasteiger charge is 2.20. The summed E-state index contributed by atoms with van der Waals surface area (Å²) >= 11 is 13.2. The average molecular weight is 606 g/mol. The predicted molar refractivity (Wildman–Crippen MR) is 143 cm³/mol. The zero-order valence-electron chi connectivity index (χ0n) is 18.5. The van der Waals surface area contributed by atoms with Gasteiger partial charge in [0.1, 0.15) is 12.4 Å². The molecule has 0 radical (unpaired) electrons. The van der Waals surface area contributed by atoms with Crippen LogP contribution in [0.25, 0.3) is 6.08 Å². The van der Waals surface area contributed by atoms with Crippen molar-refractivity contribution in [2.75, 3.05) is 26.2 Å². The van der Waals surface area contributed by atoms with Gasteiger partial charge in [0.15, 0.2) is 0 Å². The summed E-state index contributed by atoms with van der Waals surface area (Å²) < 4.78 is 8.00. The number of carbonyl (C=O) groups excluding carboxylic acids is 1. The van der Waals surface area contributed by atoms with Crippen molar-refractivity contribution in [1.82, 2.24) is 14.8 Å². The van der Waals surface area contributed by atoms with Crippen molar-refractivity contribution in [3.8, 4) is 5.75 Å². The molecule has 1 fully saturated rings. The van der Waals surface area contributed by atoms with Crippen LogP contribution in [-0.2, 0) is 17.9 Å². The summed E-state index contributed by atoms with van der Waals surface area (Å²) in [5.74, 6) is 0.661. The maximum Gasteiger partial charge on any atom is 0.246 e. The number of halogens is 3. The van der Waals surface area contributed by atoms with Crippen molar-refractivity contribution in [2.24, 2.45) is 0 Å². The summed E-state index contributed by atoms with van der Waals surface area (Å²) in [6.07, 6.45) is 5.19. The molecule has 0 saturated carbocycles. The lowest BCUT2D eigenvalue weighted by atomic mass is 10.1. The van der Waals surface area contributed by atoms with Gasteiger partial charge < -0.3 is 9.64 Å². The molecule has 0 N–H and O–H groups in total. The summed E-state index contributed by atoms with van der Waals surface area (Å²) in [7, 11) is 0. The normalized spacial score (nSPS) is 14.5. The SMILES string of the molecule is O=C(/C=C/c1cc(Cl)ccc1OCc1ccccc1Br)N1CCN(Cc2ccc(Br)cn2)CC1. The molecule has 5 nitrogen and oxygen atoms in total. The molecule has 1 aromatic heterocycles. The number of carbonyl (C=O) groups is 1. The molecule has 0 atom stereocenters. The van der Waals surface area contributed by atoms with Crippen LogP contribution in [-0.4, -0.2) is 46.9 Å². The van der Waals surface area contributed by atoms with Crippen molar-refractivity contribution < 1.29 is 9.53 Å². The van der Waals surface area contributed by atoms with Gasteiger partial charge in [-0.2, -0.15) is 0 Å². The Morgan fingerprint density at radius 1 is 1.06 bits per heavy atom. The standard InChI is InChI=1S/C26H24Br2ClN3O2/c27-21-6-8-23(30-16-21)17-31-11-13-32(14-12-31)26(33)10-5-19-15-22(29)7-9-25(19)34-18-20-3-1-2-4-24(20)28/h1-10,15-16H,11-14,17-18H2/b10-5+. The second-order valence-electron chi connectivity index (χ2n) is 7.96. The Hall–Kier alpha value is -2.19. The van der Waals surface area contributed by atoms with Crippen LogP contribution in [0.5, 0.6) is 5.75 Å². The number of benzene rings is 2. The Morgan fingerprint density at radius 3 is 2.59 bits per heavy atom. The largest absolute Gasteiger partial charge is 0.488 e. The summed E-state index contributed by atoms with van der Waals surface area (Å²) in [5, 5.41) is 0.593. The third-order valence-electron chi connectivity index (χ3n) is 5.58. The van der Waals surface area contributed by atoms with E-state index in [9.17, 15) is 4.79 Å². The van der Waals surface area contributed by atoms with Crippen LogP contribution < -0.4 is 4.74 Å². The van der Waals surface area contributed by atoms with Crippen LogP contribution >= 0.6 is 43.5 Å². The van der Waals surface area contributed by atoms with Crippen molar-refractivity contribution in [2.45, 2.75) is 13.2 Å². The average Bonchev–Trinajstić information content (AvgIpc) is 2.85. The molecular weight excluding hydrogens is 582 g/mol. The fourth-order valence-electron chi connectivity index (χ4n) is 3.67. The van der Waals surface area contributed by atoms with E-state index in [4.69, 9.17) is 16.3 Å². The van der Waals surface area contributed by atoms with E-state index in [1.807, 2.05) is 59.6 Å². The van der Waals surface area contributed by atoms with Gasteiger partial charge in [0.05, 0.1) is 5.69 Å². The quantitative estimate of drug-likeness (QED) is 0.301. The summed E-state index contributed by atoms with van der Waals surface area (Å²) in [5.41, 5.74) is 2.84. The molecular formula is C26H24Br2ClN3O2. The lowest BCUT2D eigenvalue weighted by molar-refractivity contribution is -0.127. The first-order chi connectivity index (χ1) is 16.5. The molecule has 1 saturated heterocycles. The van der Waals surface area contributed by atoms with Crippen LogP contribution in [0.3, 0.4) is 0 Å². The van der Waals surface area contributed by atoms with Crippen molar-refractivity contribution in [3.05, 3.63) is 97.7 Å². The topological polar surface area (TPSA) is 45.7 Å². The van der Waals surface area contributed by atoms with Crippen molar-refractivity contribution >= 4 is 55.4 Å². The van der Waals surface area contributed by atoms with Gasteiger partial charge in [0, 0.05) is 70.1 Å². The number of nitrogens with zero attached hydrogens (tertiary/aromatic N) is 3. The van der Waals surface area contributed by atoms with Gasteiger partial charge in [-0.15, -0.1) is 0 Å². The molecule has 2 heterocycles. The molecule has 2 aromatic carbocycles. The fraction of sp³-hybridized carbons (Fsp3) is 0.231. The molecule has 1 aliphatic heterocycles. The molecule has 3 aromatic rings. The van der Waals surface area contributed by atoms with E-state index in [0.29, 0.717) is 30.5 Å². The smallest absolute Gasteiger partial charge is 0.246 e. The monoisotopic (exact) mass is 603 g/mol. The van der Waals surface area contributed by atoms with Gasteiger partial charge in [-0.3, -0.25) is 14.7 Å². The lowest BCUT2D eigenvalue weighted by Crippen LogP contribution is -2.47. The molecule has 34 heavy (non-hydrogen) atoms. The highest BCUT2D eigenvalue weighted by atomic mass is 79.9. The maximum absolute atomic E-state index is 12.8. The van der Waals surface area contributed by atoms with Crippen LogP contribution in [0.15, 0.2) is 75.8 Å². The first-order valence-corrected chi connectivity index (χ1v) is 12.9. The van der Waals surface area contributed by atoms with Crippen molar-refractivity contribution in [3.63, 3.8) is 0 Å². The molecule has 0 aliphatic carbocycles. The van der Waals surface area contributed by atoms with Gasteiger partial charge in [0.25, 0.3) is 0 Å². The van der Waals surface area contributed by atoms with Gasteiger partial charge in [0.2, 0.25) is 5.91 Å². The van der Waals surface area contributed by atoms with Gasteiger partial charge >= 0.3 is 0 Å². The van der Waals surface area contributed by atoms with Crippen LogP contribution in [0, 0.1) is 0 Å². The minimum Gasteiger partial charge on any atom is -0.488 e. The third kappa shape index (κ3) is 6.92. The number of pyridine rings is 1. The van der Waals surface area contributed by atoms with E-state index >= 15 is 0 Å². The van der Waals surface area contributed by atoms with Crippen molar-refractivity contribution in [1.29, 1.82) is 0 Å². The van der Waals surface area contributed by atoms with Gasteiger partial charge in [-0.05, 0) is 58.4 Å². The Bertz CT molecular complexity index is 1160. The van der Waals surface area contributed by atoms with E-state index in [2.05, 4.69) is 41.7 Å². The summed E-state index contributed by atoms with van der Waals surface area (Å²) in [4.78, 5) is 21.4. The highest BCUT2D eigenvalue weighted by Crippen LogP contribution is 2.26.